The van der Waals surface area contributed by atoms with Crippen LogP contribution in [-0.4, -0.2) is 47.1 Å². The number of rotatable bonds is 8. The molecule has 0 fully saturated rings. The Morgan fingerprint density at radius 1 is 1.38 bits per heavy atom. The molecular weight excluding hydrogens is 313 g/mol. The van der Waals surface area contributed by atoms with Crippen molar-refractivity contribution in [2.24, 2.45) is 5.92 Å². The van der Waals surface area contributed by atoms with Crippen LogP contribution >= 0.6 is 0 Å². The number of halogens is 1. The van der Waals surface area contributed by atoms with Gasteiger partial charge in [-0.1, -0.05) is 26.0 Å². The summed E-state index contributed by atoms with van der Waals surface area (Å²) in [5, 5.41) is 18.9. The molecule has 1 unspecified atom stereocenters. The number of aliphatic hydroxyl groups is 1. The zero-order chi connectivity index (χ0) is 17.5. The quantitative estimate of drug-likeness (QED) is 0.688. The first-order valence-electron chi connectivity index (χ1n) is 7.81. The number of ether oxygens (including phenoxy) is 1. The second-order valence-electron chi connectivity index (χ2n) is 5.93. The smallest absolute Gasteiger partial charge is 0.255 e. The molecule has 2 rings (SSSR count). The number of H-pyrrole nitrogens is 1. The summed E-state index contributed by atoms with van der Waals surface area (Å²) in [4.78, 5) is 12.3. The van der Waals surface area contributed by atoms with Crippen LogP contribution in [0.15, 0.2) is 30.5 Å². The van der Waals surface area contributed by atoms with E-state index in [1.54, 1.807) is 18.2 Å². The zero-order valence-corrected chi connectivity index (χ0v) is 13.8. The van der Waals surface area contributed by atoms with Crippen molar-refractivity contribution in [3.63, 3.8) is 0 Å². The minimum Gasteiger partial charge on any atom is -0.389 e. The van der Waals surface area contributed by atoms with E-state index in [-0.39, 0.29) is 24.3 Å². The molecule has 0 bridgehead atoms. The second kappa shape index (κ2) is 8.56. The molecule has 0 aliphatic heterocycles. The van der Waals surface area contributed by atoms with Gasteiger partial charge in [0.1, 0.15) is 5.82 Å². The Morgan fingerprint density at radius 2 is 2.12 bits per heavy atom. The van der Waals surface area contributed by atoms with Gasteiger partial charge in [-0.15, -0.1) is 0 Å². The molecule has 6 nitrogen and oxygen atoms in total. The Kier molecular flexibility index (Phi) is 6.45. The molecule has 1 amide bonds. The highest BCUT2D eigenvalue weighted by Gasteiger charge is 2.18. The highest BCUT2D eigenvalue weighted by atomic mass is 19.1. The second-order valence-corrected chi connectivity index (χ2v) is 5.93. The Balaban J connectivity index is 1.95. The Bertz CT molecular complexity index is 673. The minimum atomic E-state index is -0.809. The fraction of sp³-hybridized carbons (Fsp3) is 0.412. The van der Waals surface area contributed by atoms with Gasteiger partial charge in [0.15, 0.2) is 0 Å². The third kappa shape index (κ3) is 4.87. The number of amides is 1. The first-order chi connectivity index (χ1) is 11.5. The van der Waals surface area contributed by atoms with Gasteiger partial charge in [-0.25, -0.2) is 4.39 Å². The third-order valence-electron chi connectivity index (χ3n) is 3.29. The number of nitrogens with zero attached hydrogens (tertiary/aromatic N) is 1. The highest BCUT2D eigenvalue weighted by molar-refractivity contribution is 5.99. The van der Waals surface area contributed by atoms with Gasteiger partial charge in [0.25, 0.3) is 5.91 Å². The summed E-state index contributed by atoms with van der Waals surface area (Å²) in [6, 6.07) is 6.13. The number of aliphatic hydroxyl groups excluding tert-OH is 1. The number of hydrogen-bond acceptors (Lipinski definition) is 4. The predicted molar refractivity (Wildman–Crippen MR) is 88.0 cm³/mol. The minimum absolute atomic E-state index is 0.0405. The van der Waals surface area contributed by atoms with E-state index in [0.29, 0.717) is 18.2 Å². The molecule has 24 heavy (non-hydrogen) atoms. The van der Waals surface area contributed by atoms with Crippen LogP contribution in [0.3, 0.4) is 0 Å². The maximum absolute atomic E-state index is 13.9. The summed E-state index contributed by atoms with van der Waals surface area (Å²) >= 11 is 0. The van der Waals surface area contributed by atoms with Gasteiger partial charge < -0.3 is 15.2 Å². The van der Waals surface area contributed by atoms with Crippen LogP contribution in [0.2, 0.25) is 0 Å². The number of carbonyl (C=O) groups excluding carboxylic acids is 1. The van der Waals surface area contributed by atoms with Crippen LogP contribution in [0.4, 0.5) is 4.39 Å². The van der Waals surface area contributed by atoms with E-state index in [0.717, 1.165) is 0 Å². The maximum Gasteiger partial charge on any atom is 0.255 e. The van der Waals surface area contributed by atoms with E-state index in [1.165, 1.54) is 12.3 Å². The van der Waals surface area contributed by atoms with Gasteiger partial charge in [0.05, 0.1) is 30.2 Å². The van der Waals surface area contributed by atoms with Gasteiger partial charge in [0.2, 0.25) is 0 Å². The number of aromatic amines is 1. The molecule has 7 heteroatoms. The lowest BCUT2D eigenvalue weighted by molar-refractivity contribution is 0.0259. The van der Waals surface area contributed by atoms with E-state index < -0.39 is 17.8 Å². The summed E-state index contributed by atoms with van der Waals surface area (Å²) in [6.45, 7) is 4.75. The normalized spacial score (nSPS) is 12.4. The van der Waals surface area contributed by atoms with Crippen molar-refractivity contribution in [1.29, 1.82) is 0 Å². The Labute approximate surface area is 140 Å². The van der Waals surface area contributed by atoms with Gasteiger partial charge in [-0.05, 0) is 18.1 Å². The van der Waals surface area contributed by atoms with Crippen LogP contribution in [-0.2, 0) is 4.74 Å². The van der Waals surface area contributed by atoms with Crippen LogP contribution in [0.1, 0.15) is 24.2 Å². The number of nitrogens with one attached hydrogen (secondary N) is 2. The molecule has 2 aromatic rings. The fourth-order valence-electron chi connectivity index (χ4n) is 2.13. The molecular formula is C17H22FN3O3. The van der Waals surface area contributed by atoms with Gasteiger partial charge >= 0.3 is 0 Å². The van der Waals surface area contributed by atoms with E-state index in [9.17, 15) is 14.3 Å². The molecule has 1 atom stereocenters. The van der Waals surface area contributed by atoms with E-state index in [1.807, 2.05) is 13.8 Å². The van der Waals surface area contributed by atoms with E-state index >= 15 is 0 Å². The SMILES string of the molecule is CC(C)COCC(O)CNC(=O)c1cn[nH]c1-c1ccccc1F. The van der Waals surface area contributed by atoms with Crippen LogP contribution in [0.25, 0.3) is 11.3 Å². The predicted octanol–water partition coefficient (Wildman–Crippen LogP) is 1.98. The standard InChI is InChI=1S/C17H22FN3O3/c1-11(2)9-24-10-12(22)7-19-17(23)14-8-20-21-16(14)13-5-3-4-6-15(13)18/h3-6,8,11-12,22H,7,9-10H2,1-2H3,(H,19,23)(H,20,21). The zero-order valence-electron chi connectivity index (χ0n) is 13.8. The van der Waals surface area contributed by atoms with Gasteiger partial charge in [0, 0.05) is 18.7 Å². The van der Waals surface area contributed by atoms with Crippen molar-refractivity contribution < 1.29 is 19.0 Å². The Hall–Kier alpha value is -2.25. The molecule has 1 aromatic carbocycles. The number of hydrogen-bond donors (Lipinski definition) is 3. The van der Waals surface area contributed by atoms with Crippen molar-refractivity contribution in [1.82, 2.24) is 15.5 Å². The van der Waals surface area contributed by atoms with E-state index in [2.05, 4.69) is 15.5 Å². The summed E-state index contributed by atoms with van der Waals surface area (Å²) in [6.07, 6.45) is 0.523. The molecule has 0 spiro atoms. The summed E-state index contributed by atoms with van der Waals surface area (Å²) < 4.78 is 19.2. The van der Waals surface area contributed by atoms with Gasteiger partial charge in [-0.2, -0.15) is 5.10 Å². The van der Waals surface area contributed by atoms with Crippen LogP contribution in [0, 0.1) is 11.7 Å². The molecule has 0 aliphatic rings. The molecule has 3 N–H and O–H groups in total. The number of carbonyl (C=O) groups is 1. The van der Waals surface area contributed by atoms with Crippen molar-refractivity contribution in [3.8, 4) is 11.3 Å². The largest absolute Gasteiger partial charge is 0.389 e. The van der Waals surface area contributed by atoms with Crippen LogP contribution in [0.5, 0.6) is 0 Å². The topological polar surface area (TPSA) is 87.2 Å². The highest BCUT2D eigenvalue weighted by Crippen LogP contribution is 2.23. The van der Waals surface area contributed by atoms with Crippen LogP contribution < -0.4 is 5.32 Å². The number of aromatic nitrogens is 2. The summed E-state index contributed by atoms with van der Waals surface area (Å²) in [5.41, 5.74) is 0.785. The molecule has 0 saturated carbocycles. The van der Waals surface area contributed by atoms with E-state index in [4.69, 9.17) is 4.74 Å². The lowest BCUT2D eigenvalue weighted by atomic mass is 10.1. The first kappa shape index (κ1) is 18.1. The van der Waals surface area contributed by atoms with Crippen molar-refractivity contribution in [2.45, 2.75) is 20.0 Å². The average Bonchev–Trinajstić information content (AvgIpc) is 3.02. The fourth-order valence-corrected chi connectivity index (χ4v) is 2.13. The summed E-state index contributed by atoms with van der Waals surface area (Å²) in [5.74, 6) is -0.510. The monoisotopic (exact) mass is 335 g/mol. The molecule has 0 saturated heterocycles. The number of benzene rings is 1. The first-order valence-corrected chi connectivity index (χ1v) is 7.81. The molecule has 1 heterocycles. The molecule has 0 radical (unpaired) electrons. The third-order valence-corrected chi connectivity index (χ3v) is 3.29. The Morgan fingerprint density at radius 3 is 2.83 bits per heavy atom. The van der Waals surface area contributed by atoms with Gasteiger partial charge in [-0.3, -0.25) is 9.89 Å². The lowest BCUT2D eigenvalue weighted by Crippen LogP contribution is -2.34. The van der Waals surface area contributed by atoms with Crippen molar-refractivity contribution in [2.75, 3.05) is 19.8 Å². The molecule has 1 aromatic heterocycles. The molecule has 0 aliphatic carbocycles. The summed E-state index contributed by atoms with van der Waals surface area (Å²) in [7, 11) is 0. The van der Waals surface area contributed by atoms with Crippen molar-refractivity contribution in [3.05, 3.63) is 41.8 Å². The average molecular weight is 335 g/mol. The lowest BCUT2D eigenvalue weighted by Gasteiger charge is -2.13. The molecule has 130 valence electrons. The maximum atomic E-state index is 13.9. The van der Waals surface area contributed by atoms with Crippen molar-refractivity contribution >= 4 is 5.91 Å².